The molecule has 2 saturated heterocycles. The van der Waals surface area contributed by atoms with E-state index in [-0.39, 0.29) is 36.2 Å². The molecule has 4 N–H and O–H groups in total. The van der Waals surface area contributed by atoms with Gasteiger partial charge >= 0.3 is 6.09 Å². The number of piperazine rings is 1. The maximum Gasteiger partial charge on any atom is 0.410 e. The number of hydrogen-bond donors (Lipinski definition) is 2. The van der Waals surface area contributed by atoms with E-state index in [1.165, 1.54) is 0 Å². The van der Waals surface area contributed by atoms with E-state index in [0.717, 1.165) is 6.42 Å². The van der Waals surface area contributed by atoms with Gasteiger partial charge in [0, 0.05) is 26.2 Å². The normalized spacial score (nSPS) is 24.2. The topological polar surface area (TPSA) is 123 Å². The van der Waals surface area contributed by atoms with Crippen LogP contribution in [0, 0.1) is 0 Å². The molecular weight excluding hydrogens is 453 g/mol. The molecule has 2 heterocycles. The monoisotopic (exact) mass is 483 g/mol. The van der Waals surface area contributed by atoms with Gasteiger partial charge in [-0.15, -0.1) is 24.0 Å². The Hall–Kier alpha value is -1.30. The van der Waals surface area contributed by atoms with Gasteiger partial charge in [-0.2, -0.15) is 0 Å². The van der Waals surface area contributed by atoms with Crippen molar-refractivity contribution in [1.29, 1.82) is 0 Å². The number of carbonyl (C=O) groups excluding carboxylic acids is 2. The minimum absolute atomic E-state index is 0. The number of nitrogens with two attached hydrogens (primary N) is 2. The predicted molar refractivity (Wildman–Crippen MR) is 108 cm³/mol. The number of aliphatic imine (C=N–C) groups is 1. The molecule has 0 aromatic heterocycles. The average Bonchev–Trinajstić information content (AvgIpc) is 3.00. The zero-order valence-electron chi connectivity index (χ0n) is 15.6. The van der Waals surface area contributed by atoms with Crippen molar-refractivity contribution in [2.45, 2.75) is 51.4 Å². The van der Waals surface area contributed by atoms with Gasteiger partial charge < -0.3 is 30.7 Å². The molecule has 0 spiro atoms. The Kier molecular flexibility index (Phi) is 8.38. The number of nitrogens with zero attached hydrogens (tertiary/aromatic N) is 3. The smallest absolute Gasteiger partial charge is 0.410 e. The van der Waals surface area contributed by atoms with Crippen LogP contribution >= 0.6 is 24.0 Å². The second-order valence-corrected chi connectivity index (χ2v) is 7.38. The summed E-state index contributed by atoms with van der Waals surface area (Å²) >= 11 is 0. The minimum atomic E-state index is -0.515. The quantitative estimate of drug-likeness (QED) is 0.343. The van der Waals surface area contributed by atoms with E-state index < -0.39 is 17.6 Å². The van der Waals surface area contributed by atoms with Crippen molar-refractivity contribution in [2.75, 3.05) is 32.7 Å². The lowest BCUT2D eigenvalue weighted by Crippen LogP contribution is -2.53. The van der Waals surface area contributed by atoms with Gasteiger partial charge in [0.15, 0.2) is 5.96 Å². The molecule has 2 aliphatic heterocycles. The molecule has 150 valence electrons. The molecule has 0 radical (unpaired) electrons. The predicted octanol–water partition coefficient (Wildman–Crippen LogP) is 0.505. The van der Waals surface area contributed by atoms with E-state index in [4.69, 9.17) is 20.9 Å². The summed E-state index contributed by atoms with van der Waals surface area (Å²) in [7, 11) is 0. The molecule has 0 saturated carbocycles. The zero-order chi connectivity index (χ0) is 18.6. The summed E-state index contributed by atoms with van der Waals surface area (Å²) in [5, 5.41) is 0. The molecule has 2 unspecified atom stereocenters. The van der Waals surface area contributed by atoms with Crippen LogP contribution in [0.4, 0.5) is 4.79 Å². The maximum absolute atomic E-state index is 12.0. The van der Waals surface area contributed by atoms with Crippen LogP contribution in [-0.4, -0.2) is 78.3 Å². The second-order valence-electron chi connectivity index (χ2n) is 7.38. The molecule has 0 bridgehead atoms. The van der Waals surface area contributed by atoms with Crippen LogP contribution < -0.4 is 11.5 Å². The Morgan fingerprint density at radius 2 is 1.69 bits per heavy atom. The van der Waals surface area contributed by atoms with Gasteiger partial charge in [-0.05, 0) is 33.6 Å². The van der Waals surface area contributed by atoms with Gasteiger partial charge in [-0.1, -0.05) is 0 Å². The van der Waals surface area contributed by atoms with Gasteiger partial charge in [-0.25, -0.2) is 4.79 Å². The molecular formula is C16H30IN5O4. The summed E-state index contributed by atoms with van der Waals surface area (Å²) in [4.78, 5) is 31.1. The van der Waals surface area contributed by atoms with Crippen molar-refractivity contribution in [2.24, 2.45) is 16.5 Å². The Morgan fingerprint density at radius 1 is 1.12 bits per heavy atom. The molecule has 10 heteroatoms. The minimum Gasteiger partial charge on any atom is -0.444 e. The highest BCUT2D eigenvalue weighted by Crippen LogP contribution is 2.19. The lowest BCUT2D eigenvalue weighted by molar-refractivity contribution is -0.128. The molecule has 2 amide bonds. The van der Waals surface area contributed by atoms with Crippen LogP contribution in [0.25, 0.3) is 0 Å². The van der Waals surface area contributed by atoms with E-state index in [9.17, 15) is 9.59 Å². The molecule has 2 fully saturated rings. The number of rotatable bonds is 3. The fourth-order valence-electron chi connectivity index (χ4n) is 2.79. The molecule has 2 aliphatic rings. The Labute approximate surface area is 171 Å². The zero-order valence-corrected chi connectivity index (χ0v) is 18.0. The first-order valence-electron chi connectivity index (χ1n) is 8.63. The van der Waals surface area contributed by atoms with E-state index in [1.54, 1.807) is 4.90 Å². The molecule has 0 aromatic carbocycles. The summed E-state index contributed by atoms with van der Waals surface area (Å²) < 4.78 is 10.9. The van der Waals surface area contributed by atoms with E-state index in [0.29, 0.717) is 45.1 Å². The maximum atomic E-state index is 12.0. The summed E-state index contributed by atoms with van der Waals surface area (Å²) in [6.07, 6.45) is 0.429. The third-order valence-corrected chi connectivity index (χ3v) is 4.14. The first kappa shape index (κ1) is 22.7. The fraction of sp³-hybridized carbons (Fsp3) is 0.812. The standard InChI is InChI=1S/C16H29N5O4.HI/c1-16(2,3)25-15(23)21-8-6-20(7-9-21)14(18)19-10-11-4-5-12(24-11)13(17)22;/h11-12H,4-10H2,1-3H3,(H2,17,22)(H2,18,19);1H. The first-order valence-corrected chi connectivity index (χ1v) is 8.63. The SMILES string of the molecule is CC(C)(C)OC(=O)N1CCN(C(N)=NCC2CCC(C(N)=O)O2)CC1.I. The number of carbonyl (C=O) groups is 2. The second kappa shape index (κ2) is 9.58. The van der Waals surface area contributed by atoms with E-state index in [1.807, 2.05) is 25.7 Å². The van der Waals surface area contributed by atoms with E-state index in [2.05, 4.69) is 4.99 Å². The highest BCUT2D eigenvalue weighted by Gasteiger charge is 2.29. The highest BCUT2D eigenvalue weighted by atomic mass is 127. The van der Waals surface area contributed by atoms with Crippen molar-refractivity contribution in [3.8, 4) is 0 Å². The lowest BCUT2D eigenvalue weighted by atomic mass is 10.2. The molecule has 2 rings (SSSR count). The first-order chi connectivity index (χ1) is 11.7. The Bertz CT molecular complexity index is 529. The average molecular weight is 483 g/mol. The Morgan fingerprint density at radius 3 is 2.19 bits per heavy atom. The number of primary amides is 1. The van der Waals surface area contributed by atoms with Gasteiger partial charge in [0.25, 0.3) is 0 Å². The third kappa shape index (κ3) is 6.78. The largest absolute Gasteiger partial charge is 0.444 e. The lowest BCUT2D eigenvalue weighted by Gasteiger charge is -2.36. The van der Waals surface area contributed by atoms with Gasteiger partial charge in [0.2, 0.25) is 5.91 Å². The van der Waals surface area contributed by atoms with Crippen molar-refractivity contribution in [3.63, 3.8) is 0 Å². The van der Waals surface area contributed by atoms with Crippen LogP contribution in [0.3, 0.4) is 0 Å². The molecule has 0 aliphatic carbocycles. The van der Waals surface area contributed by atoms with Crippen molar-refractivity contribution >= 4 is 41.9 Å². The van der Waals surface area contributed by atoms with Crippen molar-refractivity contribution in [1.82, 2.24) is 9.80 Å². The van der Waals surface area contributed by atoms with Crippen LogP contribution in [-0.2, 0) is 14.3 Å². The molecule has 9 nitrogen and oxygen atoms in total. The number of hydrogen-bond acceptors (Lipinski definition) is 5. The van der Waals surface area contributed by atoms with Crippen LogP contribution in [0.1, 0.15) is 33.6 Å². The van der Waals surface area contributed by atoms with Gasteiger partial charge in [-0.3, -0.25) is 9.79 Å². The van der Waals surface area contributed by atoms with Crippen molar-refractivity contribution < 1.29 is 19.1 Å². The van der Waals surface area contributed by atoms with Gasteiger partial charge in [0.1, 0.15) is 11.7 Å². The van der Waals surface area contributed by atoms with Crippen LogP contribution in [0.5, 0.6) is 0 Å². The molecule has 2 atom stereocenters. The van der Waals surface area contributed by atoms with Crippen LogP contribution in [0.2, 0.25) is 0 Å². The third-order valence-electron chi connectivity index (χ3n) is 4.14. The fourth-order valence-corrected chi connectivity index (χ4v) is 2.79. The molecule has 26 heavy (non-hydrogen) atoms. The van der Waals surface area contributed by atoms with E-state index >= 15 is 0 Å². The molecule has 0 aromatic rings. The summed E-state index contributed by atoms with van der Waals surface area (Å²) in [6.45, 7) is 8.22. The Balaban J connectivity index is 0.00000338. The number of halogens is 1. The number of guanidine groups is 1. The number of ether oxygens (including phenoxy) is 2. The summed E-state index contributed by atoms with van der Waals surface area (Å²) in [5.41, 5.74) is 10.8. The summed E-state index contributed by atoms with van der Waals surface area (Å²) in [5.74, 6) is -0.00678. The van der Waals surface area contributed by atoms with Gasteiger partial charge in [0.05, 0.1) is 12.6 Å². The summed E-state index contributed by atoms with van der Waals surface area (Å²) in [6, 6.07) is 0. The van der Waals surface area contributed by atoms with Crippen molar-refractivity contribution in [3.05, 3.63) is 0 Å². The highest BCUT2D eigenvalue weighted by molar-refractivity contribution is 14.0. The van der Waals surface area contributed by atoms with Crippen LogP contribution in [0.15, 0.2) is 4.99 Å². The number of amides is 2.